The molecule has 1 fully saturated rings. The Balaban J connectivity index is 1.57. The molecule has 1 saturated heterocycles. The van der Waals surface area contributed by atoms with Crippen LogP contribution in [0.3, 0.4) is 0 Å². The van der Waals surface area contributed by atoms with E-state index in [-0.39, 0.29) is 35.5 Å². The first-order valence-corrected chi connectivity index (χ1v) is 12.4. The van der Waals surface area contributed by atoms with E-state index in [1.807, 2.05) is 44.2 Å². The third-order valence-corrected chi connectivity index (χ3v) is 7.02. The molecule has 180 valence electrons. The fourth-order valence-corrected chi connectivity index (χ4v) is 4.93. The van der Waals surface area contributed by atoms with Crippen LogP contribution < -0.4 is 10.1 Å². The number of carbonyl (C=O) groups excluding carboxylic acids is 1. The van der Waals surface area contributed by atoms with Crippen molar-refractivity contribution in [1.29, 1.82) is 0 Å². The van der Waals surface area contributed by atoms with Crippen LogP contribution in [0, 0.1) is 0 Å². The Kier molecular flexibility index (Phi) is 7.25. The maximum absolute atomic E-state index is 13.1. The summed E-state index contributed by atoms with van der Waals surface area (Å²) in [5.74, 6) is -0.158. The lowest BCUT2D eigenvalue weighted by Crippen LogP contribution is -2.40. The SMILES string of the molecule is CC(C)Oc1ccc(S(=O)(=O)N2CCOCC2)cc1NC(=O)c1cn(Cc2ccccc2)nn1. The van der Waals surface area contributed by atoms with E-state index in [2.05, 4.69) is 15.6 Å². The van der Waals surface area contributed by atoms with E-state index >= 15 is 0 Å². The van der Waals surface area contributed by atoms with Crippen LogP contribution in [0.15, 0.2) is 59.6 Å². The molecule has 2 heterocycles. The van der Waals surface area contributed by atoms with E-state index < -0.39 is 15.9 Å². The molecule has 0 saturated carbocycles. The van der Waals surface area contributed by atoms with Crippen molar-refractivity contribution in [2.24, 2.45) is 0 Å². The van der Waals surface area contributed by atoms with Crippen LogP contribution >= 0.6 is 0 Å². The van der Waals surface area contributed by atoms with Gasteiger partial charge in [0.25, 0.3) is 5.91 Å². The van der Waals surface area contributed by atoms with Crippen LogP contribution in [0.4, 0.5) is 5.69 Å². The molecule has 34 heavy (non-hydrogen) atoms. The van der Waals surface area contributed by atoms with Crippen molar-refractivity contribution in [2.75, 3.05) is 31.6 Å². The van der Waals surface area contributed by atoms with Gasteiger partial charge in [-0.3, -0.25) is 4.79 Å². The normalized spacial score (nSPS) is 14.8. The molecule has 0 atom stereocenters. The first kappa shape index (κ1) is 23.9. The molecule has 11 heteroatoms. The minimum atomic E-state index is -3.75. The number of nitrogens with one attached hydrogen (secondary N) is 1. The van der Waals surface area contributed by atoms with Gasteiger partial charge >= 0.3 is 0 Å². The smallest absolute Gasteiger partial charge is 0.277 e. The molecule has 1 amide bonds. The zero-order valence-corrected chi connectivity index (χ0v) is 19.9. The Morgan fingerprint density at radius 3 is 2.59 bits per heavy atom. The van der Waals surface area contributed by atoms with E-state index in [1.165, 1.54) is 16.4 Å². The van der Waals surface area contributed by atoms with Crippen molar-refractivity contribution in [3.8, 4) is 5.75 Å². The van der Waals surface area contributed by atoms with Gasteiger partial charge in [-0.05, 0) is 37.6 Å². The van der Waals surface area contributed by atoms with Gasteiger partial charge in [0.15, 0.2) is 5.69 Å². The van der Waals surface area contributed by atoms with Crippen molar-refractivity contribution in [3.05, 3.63) is 66.0 Å². The Morgan fingerprint density at radius 1 is 1.15 bits per heavy atom. The molecule has 1 aliphatic heterocycles. The number of hydrogen-bond donors (Lipinski definition) is 1. The van der Waals surface area contributed by atoms with Gasteiger partial charge in [-0.15, -0.1) is 5.10 Å². The van der Waals surface area contributed by atoms with Gasteiger partial charge in [-0.2, -0.15) is 4.31 Å². The van der Waals surface area contributed by atoms with Crippen LogP contribution in [0.2, 0.25) is 0 Å². The minimum Gasteiger partial charge on any atom is -0.489 e. The second kappa shape index (κ2) is 10.3. The van der Waals surface area contributed by atoms with Crippen LogP contribution in [0.1, 0.15) is 29.9 Å². The first-order chi connectivity index (χ1) is 16.3. The van der Waals surface area contributed by atoms with Gasteiger partial charge in [-0.25, -0.2) is 13.1 Å². The summed E-state index contributed by atoms with van der Waals surface area (Å²) in [6.45, 7) is 5.40. The van der Waals surface area contributed by atoms with E-state index in [0.717, 1.165) is 5.56 Å². The topological polar surface area (TPSA) is 116 Å². The Bertz CT molecular complexity index is 1240. The molecule has 2 aromatic carbocycles. The summed E-state index contributed by atoms with van der Waals surface area (Å²) in [5.41, 5.74) is 1.37. The van der Waals surface area contributed by atoms with Crippen molar-refractivity contribution < 1.29 is 22.7 Å². The van der Waals surface area contributed by atoms with E-state index in [0.29, 0.717) is 25.5 Å². The highest BCUT2D eigenvalue weighted by Crippen LogP contribution is 2.30. The van der Waals surface area contributed by atoms with Gasteiger partial charge in [0.2, 0.25) is 10.0 Å². The highest BCUT2D eigenvalue weighted by molar-refractivity contribution is 7.89. The van der Waals surface area contributed by atoms with Crippen molar-refractivity contribution >= 4 is 21.6 Å². The lowest BCUT2D eigenvalue weighted by Gasteiger charge is -2.26. The Labute approximate surface area is 198 Å². The zero-order valence-electron chi connectivity index (χ0n) is 19.0. The number of aromatic nitrogens is 3. The average molecular weight is 486 g/mol. The highest BCUT2D eigenvalue weighted by Gasteiger charge is 2.27. The summed E-state index contributed by atoms with van der Waals surface area (Å²) in [7, 11) is -3.75. The second-order valence-corrected chi connectivity index (χ2v) is 10.0. The third-order valence-electron chi connectivity index (χ3n) is 5.13. The summed E-state index contributed by atoms with van der Waals surface area (Å²) in [6.07, 6.45) is 1.36. The molecular weight excluding hydrogens is 458 g/mol. The maximum Gasteiger partial charge on any atom is 0.277 e. The zero-order chi connectivity index (χ0) is 24.1. The van der Waals surface area contributed by atoms with Crippen LogP contribution in [-0.4, -0.2) is 66.0 Å². The van der Waals surface area contributed by atoms with Crippen molar-refractivity contribution in [2.45, 2.75) is 31.4 Å². The summed E-state index contributed by atoms with van der Waals surface area (Å²) < 4.78 is 40.2. The third kappa shape index (κ3) is 5.61. The summed E-state index contributed by atoms with van der Waals surface area (Å²) in [4.78, 5) is 13.0. The lowest BCUT2D eigenvalue weighted by molar-refractivity contribution is 0.0730. The minimum absolute atomic E-state index is 0.0635. The van der Waals surface area contributed by atoms with Crippen LogP contribution in [0.25, 0.3) is 0 Å². The molecule has 0 bridgehead atoms. The van der Waals surface area contributed by atoms with Crippen molar-refractivity contribution in [3.63, 3.8) is 0 Å². The molecule has 1 N–H and O–H groups in total. The predicted octanol–water partition coefficient (Wildman–Crippen LogP) is 2.39. The molecule has 1 aliphatic rings. The molecule has 0 spiro atoms. The molecule has 0 unspecified atom stereocenters. The van der Waals surface area contributed by atoms with Gasteiger partial charge in [0, 0.05) is 13.1 Å². The van der Waals surface area contributed by atoms with Gasteiger partial charge in [0.1, 0.15) is 5.75 Å². The Hall–Kier alpha value is -3.28. The fraction of sp³-hybridized carbons (Fsp3) is 0.348. The molecule has 10 nitrogen and oxygen atoms in total. The summed E-state index contributed by atoms with van der Waals surface area (Å²) >= 11 is 0. The monoisotopic (exact) mass is 485 g/mol. The number of anilines is 1. The molecule has 0 radical (unpaired) electrons. The first-order valence-electron chi connectivity index (χ1n) is 11.0. The summed E-state index contributed by atoms with van der Waals surface area (Å²) in [6, 6.07) is 14.1. The molecule has 3 aromatic rings. The quantitative estimate of drug-likeness (QED) is 0.521. The maximum atomic E-state index is 13.1. The van der Waals surface area contributed by atoms with Gasteiger partial charge in [0.05, 0.1) is 42.6 Å². The largest absolute Gasteiger partial charge is 0.489 e. The molecule has 1 aromatic heterocycles. The predicted molar refractivity (Wildman–Crippen MR) is 125 cm³/mol. The second-order valence-electron chi connectivity index (χ2n) is 8.08. The van der Waals surface area contributed by atoms with E-state index in [9.17, 15) is 13.2 Å². The Morgan fingerprint density at radius 2 is 1.88 bits per heavy atom. The lowest BCUT2D eigenvalue weighted by atomic mass is 10.2. The standard InChI is InChI=1S/C23H27N5O5S/c1-17(2)33-22-9-8-19(34(30,31)28-10-12-32-13-11-28)14-20(22)24-23(29)21-16-27(26-25-21)15-18-6-4-3-5-7-18/h3-9,14,16-17H,10-13,15H2,1-2H3,(H,24,29). The number of sulfonamides is 1. The van der Waals surface area contributed by atoms with E-state index in [4.69, 9.17) is 9.47 Å². The summed E-state index contributed by atoms with van der Waals surface area (Å²) in [5, 5.41) is 10.7. The number of ether oxygens (including phenoxy) is 2. The van der Waals surface area contributed by atoms with Gasteiger partial charge < -0.3 is 14.8 Å². The molecule has 4 rings (SSSR count). The average Bonchev–Trinajstić information content (AvgIpc) is 3.29. The molecule has 0 aliphatic carbocycles. The number of nitrogens with zero attached hydrogens (tertiary/aromatic N) is 4. The highest BCUT2D eigenvalue weighted by atomic mass is 32.2. The number of carbonyl (C=O) groups is 1. The number of rotatable bonds is 8. The van der Waals surface area contributed by atoms with Crippen LogP contribution in [-0.2, 0) is 21.3 Å². The number of hydrogen-bond acceptors (Lipinski definition) is 7. The van der Waals surface area contributed by atoms with E-state index in [1.54, 1.807) is 16.9 Å². The van der Waals surface area contributed by atoms with Gasteiger partial charge in [-0.1, -0.05) is 35.5 Å². The molecular formula is C23H27N5O5S. The van der Waals surface area contributed by atoms with Crippen molar-refractivity contribution in [1.82, 2.24) is 19.3 Å². The fourth-order valence-electron chi connectivity index (χ4n) is 3.50. The number of benzene rings is 2. The van der Waals surface area contributed by atoms with Crippen LogP contribution in [0.5, 0.6) is 5.75 Å². The number of morpholine rings is 1. The number of amides is 1.